The zero-order valence-corrected chi connectivity index (χ0v) is 14.8. The highest BCUT2D eigenvalue weighted by atomic mass is 16.5. The molecule has 1 fully saturated rings. The maximum absolute atomic E-state index is 12.1. The van der Waals surface area contributed by atoms with Gasteiger partial charge in [0, 0.05) is 17.5 Å². The van der Waals surface area contributed by atoms with E-state index in [9.17, 15) is 4.79 Å². The number of aromatic amines is 1. The van der Waals surface area contributed by atoms with E-state index in [-0.39, 0.29) is 6.61 Å². The van der Waals surface area contributed by atoms with Gasteiger partial charge in [-0.15, -0.1) is 0 Å². The van der Waals surface area contributed by atoms with Crippen molar-refractivity contribution in [2.24, 2.45) is 11.0 Å². The second-order valence-electron chi connectivity index (χ2n) is 7.27. The van der Waals surface area contributed by atoms with Crippen LogP contribution in [0.25, 0.3) is 16.5 Å². The Morgan fingerprint density at radius 1 is 1.22 bits per heavy atom. The van der Waals surface area contributed by atoms with Crippen LogP contribution >= 0.6 is 0 Å². The Morgan fingerprint density at radius 2 is 2.15 bits per heavy atom. The largest absolute Gasteiger partial charge is 0.494 e. The molecule has 3 heterocycles. The number of carbonyl (C=O) groups is 1. The minimum Gasteiger partial charge on any atom is -0.494 e. The van der Waals surface area contributed by atoms with Crippen LogP contribution in [0.1, 0.15) is 25.0 Å². The Bertz CT molecular complexity index is 946. The third-order valence-electron chi connectivity index (χ3n) is 5.30. The minimum atomic E-state index is -0.499. The van der Waals surface area contributed by atoms with Crippen LogP contribution in [0, 0.1) is 5.92 Å². The van der Waals surface area contributed by atoms with Crippen molar-refractivity contribution >= 4 is 28.8 Å². The van der Waals surface area contributed by atoms with E-state index in [1.807, 2.05) is 18.2 Å². The zero-order valence-electron chi connectivity index (χ0n) is 14.8. The lowest BCUT2D eigenvalue weighted by Gasteiger charge is -2.32. The van der Waals surface area contributed by atoms with Gasteiger partial charge in [0.2, 0.25) is 0 Å². The third-order valence-corrected chi connectivity index (χ3v) is 5.30. The smallest absolute Gasteiger partial charge is 0.407 e. The molecule has 2 aromatic rings. The number of cyclic esters (lactones) is 1. The highest BCUT2D eigenvalue weighted by molar-refractivity contribution is 6.14. The summed E-state index contributed by atoms with van der Waals surface area (Å²) in [5, 5.41) is 15.7. The number of hydrogen-bond donors (Lipinski definition) is 3. The number of nitrogens with one attached hydrogen (secondary N) is 3. The average molecular weight is 367 g/mol. The van der Waals surface area contributed by atoms with Crippen LogP contribution in [-0.4, -0.2) is 47.8 Å². The normalized spacial score (nSPS) is 25.5. The van der Waals surface area contributed by atoms with Gasteiger partial charge in [0.25, 0.3) is 0 Å². The number of allylic oxidation sites excluding steroid dienone is 1. The fraction of sp³-hybridized carbons (Fsp3) is 0.421. The molecule has 0 saturated heterocycles. The molecule has 27 heavy (non-hydrogen) atoms. The summed E-state index contributed by atoms with van der Waals surface area (Å²) in [6, 6.07) is 5.89. The molecular formula is C19H21N5O3. The van der Waals surface area contributed by atoms with Crippen molar-refractivity contribution < 1.29 is 14.3 Å². The lowest BCUT2D eigenvalue weighted by Crippen LogP contribution is -2.50. The fourth-order valence-electron chi connectivity index (χ4n) is 3.69. The Balaban J connectivity index is 1.60. The number of ether oxygens (including phenoxy) is 2. The van der Waals surface area contributed by atoms with Crippen molar-refractivity contribution in [3.63, 3.8) is 0 Å². The zero-order chi connectivity index (χ0) is 18.3. The van der Waals surface area contributed by atoms with E-state index in [0.29, 0.717) is 25.5 Å². The van der Waals surface area contributed by atoms with Gasteiger partial charge in [-0.25, -0.2) is 4.79 Å². The first-order chi connectivity index (χ1) is 13.2. The van der Waals surface area contributed by atoms with Gasteiger partial charge in [0.05, 0.1) is 18.3 Å². The van der Waals surface area contributed by atoms with E-state index in [1.165, 1.54) is 0 Å². The van der Waals surface area contributed by atoms with Gasteiger partial charge in [-0.05, 0) is 49.5 Å². The number of amides is 1. The van der Waals surface area contributed by atoms with Crippen LogP contribution in [0.4, 0.5) is 4.79 Å². The van der Waals surface area contributed by atoms with Crippen molar-refractivity contribution in [1.29, 1.82) is 0 Å². The molecule has 0 radical (unpaired) electrons. The second kappa shape index (κ2) is 6.29. The maximum atomic E-state index is 12.1. The number of H-pyrrole nitrogens is 1. The predicted molar refractivity (Wildman–Crippen MR) is 101 cm³/mol. The number of hydrazone groups is 1. The topological polar surface area (TPSA) is 101 Å². The van der Waals surface area contributed by atoms with E-state index < -0.39 is 11.6 Å². The molecule has 8 nitrogen and oxygen atoms in total. The highest BCUT2D eigenvalue weighted by Crippen LogP contribution is 2.43. The van der Waals surface area contributed by atoms with E-state index in [4.69, 9.17) is 9.47 Å². The second-order valence-corrected chi connectivity index (χ2v) is 7.27. The number of rotatable bonds is 1. The molecule has 3 N–H and O–H groups in total. The molecule has 1 amide bonds. The minimum absolute atomic E-state index is 0.231. The monoisotopic (exact) mass is 367 g/mol. The van der Waals surface area contributed by atoms with Crippen LogP contribution in [0.3, 0.4) is 0 Å². The molecule has 2 aliphatic heterocycles. The molecule has 5 rings (SSSR count). The first-order valence-electron chi connectivity index (χ1n) is 9.29. The van der Waals surface area contributed by atoms with Crippen LogP contribution in [0.2, 0.25) is 0 Å². The molecule has 1 unspecified atom stereocenters. The Hall–Kier alpha value is -3.03. The summed E-state index contributed by atoms with van der Waals surface area (Å²) in [6.45, 7) is 1.24. The highest BCUT2D eigenvalue weighted by Gasteiger charge is 2.46. The maximum Gasteiger partial charge on any atom is 0.407 e. The number of hydrogen-bond acceptors (Lipinski definition) is 6. The Kier molecular flexibility index (Phi) is 3.77. The fourth-order valence-corrected chi connectivity index (χ4v) is 3.69. The van der Waals surface area contributed by atoms with Gasteiger partial charge in [-0.1, -0.05) is 0 Å². The van der Waals surface area contributed by atoms with Gasteiger partial charge < -0.3 is 14.8 Å². The SMILES string of the molecule is O=C1NCCCOc2ccc3[nH]nc(c3c2)C2=CC(C3CC3)(CO1)NN=C2. The summed E-state index contributed by atoms with van der Waals surface area (Å²) in [6.07, 6.45) is 6.31. The summed E-state index contributed by atoms with van der Waals surface area (Å²) in [7, 11) is 0. The van der Waals surface area contributed by atoms with Crippen molar-refractivity contribution in [2.75, 3.05) is 19.8 Å². The predicted octanol–water partition coefficient (Wildman–Crippen LogP) is 2.19. The van der Waals surface area contributed by atoms with E-state index in [1.54, 1.807) is 6.21 Å². The molecule has 1 aromatic carbocycles. The molecule has 1 aliphatic carbocycles. The molecule has 1 aromatic heterocycles. The van der Waals surface area contributed by atoms with E-state index in [0.717, 1.165) is 40.8 Å². The first-order valence-corrected chi connectivity index (χ1v) is 9.29. The third kappa shape index (κ3) is 3.01. The first kappa shape index (κ1) is 16.2. The van der Waals surface area contributed by atoms with Crippen molar-refractivity contribution in [1.82, 2.24) is 20.9 Å². The van der Waals surface area contributed by atoms with E-state index >= 15 is 0 Å². The lowest BCUT2D eigenvalue weighted by molar-refractivity contribution is 0.110. The van der Waals surface area contributed by atoms with Gasteiger partial charge in [-0.2, -0.15) is 10.2 Å². The van der Waals surface area contributed by atoms with Crippen LogP contribution in [-0.2, 0) is 4.74 Å². The molecular weight excluding hydrogens is 346 g/mol. The van der Waals surface area contributed by atoms with Crippen LogP contribution < -0.4 is 15.5 Å². The quantitative estimate of drug-likeness (QED) is 0.717. The molecule has 0 spiro atoms. The molecule has 140 valence electrons. The van der Waals surface area contributed by atoms with Crippen molar-refractivity contribution in [3.05, 3.63) is 30.0 Å². The summed E-state index contributed by atoms with van der Waals surface area (Å²) < 4.78 is 11.3. The molecule has 3 aliphatic rings. The Morgan fingerprint density at radius 3 is 3.04 bits per heavy atom. The van der Waals surface area contributed by atoms with Gasteiger partial charge in [0.15, 0.2) is 0 Å². The summed E-state index contributed by atoms with van der Waals surface area (Å²) in [4.78, 5) is 12.1. The molecule has 1 atom stereocenters. The Labute approximate surface area is 156 Å². The van der Waals surface area contributed by atoms with Gasteiger partial charge in [-0.3, -0.25) is 10.5 Å². The number of nitrogens with zero attached hydrogens (tertiary/aromatic N) is 2. The number of alkyl carbamates (subject to hydrolysis) is 1. The van der Waals surface area contributed by atoms with E-state index in [2.05, 4.69) is 32.1 Å². The van der Waals surface area contributed by atoms with Gasteiger partial charge in [0.1, 0.15) is 23.6 Å². The summed E-state index contributed by atoms with van der Waals surface area (Å²) in [5.41, 5.74) is 5.37. The number of aromatic nitrogens is 2. The number of benzene rings is 1. The van der Waals surface area contributed by atoms with Crippen molar-refractivity contribution in [2.45, 2.75) is 24.8 Å². The number of carbonyl (C=O) groups excluding carboxylic acids is 1. The molecule has 1 saturated carbocycles. The van der Waals surface area contributed by atoms with Crippen LogP contribution in [0.5, 0.6) is 5.75 Å². The van der Waals surface area contributed by atoms with Crippen molar-refractivity contribution in [3.8, 4) is 5.75 Å². The standard InChI is InChI=1S/C19H21N5O3/c25-18-20-6-1-7-26-14-4-5-16-15(8-14)17(23-22-16)12-9-19(11-27-18,13-2-3-13)24-21-10-12/h4-5,8-10,13,24H,1-3,6-7,11H2,(H,20,25)(H,22,23). The summed E-state index contributed by atoms with van der Waals surface area (Å²) in [5.74, 6) is 1.17. The molecule has 4 bridgehead atoms. The average Bonchev–Trinajstić information content (AvgIpc) is 3.46. The number of fused-ring (bicyclic) bond motifs is 3. The van der Waals surface area contributed by atoms with Crippen LogP contribution in [0.15, 0.2) is 29.4 Å². The van der Waals surface area contributed by atoms with Gasteiger partial charge >= 0.3 is 6.09 Å². The summed E-state index contributed by atoms with van der Waals surface area (Å²) >= 11 is 0. The molecule has 8 heteroatoms. The lowest BCUT2D eigenvalue weighted by atomic mass is 9.90.